The Kier molecular flexibility index (Phi) is 7.69. The SMILES string of the molecule is CC1c2nc(N3CCC(Oc4ccc(F)cc4F)C(CC(F)F)C3)c(N)nc2CCN1Cc1ccccc1. The second-order valence-corrected chi connectivity index (χ2v) is 10.00. The van der Waals surface area contributed by atoms with Crippen molar-refractivity contribution in [2.75, 3.05) is 30.3 Å². The number of anilines is 2. The lowest BCUT2D eigenvalue weighted by Gasteiger charge is -2.40. The van der Waals surface area contributed by atoms with E-state index in [1.165, 1.54) is 11.6 Å². The van der Waals surface area contributed by atoms with Crippen molar-refractivity contribution in [3.05, 3.63) is 77.1 Å². The van der Waals surface area contributed by atoms with E-state index >= 15 is 0 Å². The molecule has 38 heavy (non-hydrogen) atoms. The highest BCUT2D eigenvalue weighted by atomic mass is 19.3. The zero-order valence-corrected chi connectivity index (χ0v) is 21.2. The quantitative estimate of drug-likeness (QED) is 0.415. The highest BCUT2D eigenvalue weighted by Crippen LogP contribution is 2.35. The third-order valence-electron chi connectivity index (χ3n) is 7.43. The van der Waals surface area contributed by atoms with Crippen molar-refractivity contribution in [1.82, 2.24) is 14.9 Å². The summed E-state index contributed by atoms with van der Waals surface area (Å²) in [5, 5.41) is 0. The maximum Gasteiger partial charge on any atom is 0.239 e. The summed E-state index contributed by atoms with van der Waals surface area (Å²) < 4.78 is 60.3. The largest absolute Gasteiger partial charge is 0.487 e. The number of nitrogens with zero attached hydrogens (tertiary/aromatic N) is 4. The average Bonchev–Trinajstić information content (AvgIpc) is 2.88. The van der Waals surface area contributed by atoms with E-state index in [9.17, 15) is 17.6 Å². The van der Waals surface area contributed by atoms with E-state index in [2.05, 4.69) is 28.9 Å². The Hall–Kier alpha value is -3.40. The summed E-state index contributed by atoms with van der Waals surface area (Å²) in [5.41, 5.74) is 9.23. The van der Waals surface area contributed by atoms with Crippen LogP contribution in [-0.2, 0) is 13.0 Å². The standard InChI is InChI=1S/C28H31F4N5O/c1-17-26-22(9-11-36(17)15-18-5-3-2-4-6-18)34-27(33)28(35-26)37-12-10-23(19(16-37)13-25(31)32)38-24-8-7-20(29)14-21(24)30/h2-8,14,17,19,23,25H,9-13,15-16H2,1H3,(H2,33,34). The molecular weight excluding hydrogens is 498 g/mol. The maximum absolute atomic E-state index is 14.2. The van der Waals surface area contributed by atoms with Crippen LogP contribution >= 0.6 is 0 Å². The van der Waals surface area contributed by atoms with E-state index in [-0.39, 0.29) is 24.2 Å². The number of alkyl halides is 2. The molecule has 3 heterocycles. The van der Waals surface area contributed by atoms with E-state index in [4.69, 9.17) is 15.5 Å². The molecule has 1 aromatic heterocycles. The monoisotopic (exact) mass is 529 g/mol. The Bertz CT molecular complexity index is 1260. The number of piperidine rings is 1. The molecule has 2 aromatic carbocycles. The fraction of sp³-hybridized carbons (Fsp3) is 0.429. The molecule has 6 nitrogen and oxygen atoms in total. The predicted molar refractivity (Wildman–Crippen MR) is 137 cm³/mol. The first-order chi connectivity index (χ1) is 18.3. The Morgan fingerprint density at radius 3 is 2.61 bits per heavy atom. The smallest absolute Gasteiger partial charge is 0.239 e. The Morgan fingerprint density at radius 1 is 1.08 bits per heavy atom. The number of nitrogen functional groups attached to an aromatic ring is 1. The van der Waals surface area contributed by atoms with E-state index in [1.807, 2.05) is 23.1 Å². The molecular formula is C28H31F4N5O. The van der Waals surface area contributed by atoms with Gasteiger partial charge in [-0.1, -0.05) is 30.3 Å². The van der Waals surface area contributed by atoms with Crippen LogP contribution < -0.4 is 15.4 Å². The van der Waals surface area contributed by atoms with E-state index in [1.54, 1.807) is 0 Å². The Labute approximate surface area is 219 Å². The van der Waals surface area contributed by atoms with Crippen molar-refractivity contribution >= 4 is 11.6 Å². The second kappa shape index (κ2) is 11.1. The van der Waals surface area contributed by atoms with Crippen LogP contribution in [-0.4, -0.2) is 47.0 Å². The average molecular weight is 530 g/mol. The Balaban J connectivity index is 1.35. The molecule has 1 fully saturated rings. The summed E-state index contributed by atoms with van der Waals surface area (Å²) in [7, 11) is 0. The normalized spacial score (nSPS) is 21.9. The molecule has 0 amide bonds. The molecule has 202 valence electrons. The van der Waals surface area contributed by atoms with Gasteiger partial charge in [-0.3, -0.25) is 4.90 Å². The van der Waals surface area contributed by atoms with Crippen LogP contribution in [0.3, 0.4) is 0 Å². The molecule has 3 aromatic rings. The zero-order valence-electron chi connectivity index (χ0n) is 21.2. The van der Waals surface area contributed by atoms with Gasteiger partial charge in [-0.2, -0.15) is 0 Å². The summed E-state index contributed by atoms with van der Waals surface area (Å²) in [6, 6.07) is 13.2. The molecule has 1 saturated heterocycles. The first-order valence-corrected chi connectivity index (χ1v) is 12.9. The van der Waals surface area contributed by atoms with Gasteiger partial charge in [-0.15, -0.1) is 0 Å². The number of ether oxygens (including phenoxy) is 1. The molecule has 0 aliphatic carbocycles. The molecule has 3 unspecified atom stereocenters. The van der Waals surface area contributed by atoms with E-state index in [0.29, 0.717) is 18.8 Å². The summed E-state index contributed by atoms with van der Waals surface area (Å²) in [5.74, 6) is -1.61. The number of aromatic nitrogens is 2. The van der Waals surface area contributed by atoms with Gasteiger partial charge in [0.05, 0.1) is 17.4 Å². The molecule has 2 aliphatic heterocycles. The summed E-state index contributed by atoms with van der Waals surface area (Å²) in [6.07, 6.45) is -2.59. The molecule has 5 rings (SSSR count). The minimum Gasteiger partial charge on any atom is -0.487 e. The number of benzene rings is 2. The molecule has 0 spiro atoms. The molecule has 0 saturated carbocycles. The summed E-state index contributed by atoms with van der Waals surface area (Å²) >= 11 is 0. The van der Waals surface area contributed by atoms with Gasteiger partial charge in [0.2, 0.25) is 6.43 Å². The fourth-order valence-corrected chi connectivity index (χ4v) is 5.44. The van der Waals surface area contributed by atoms with Crippen molar-refractivity contribution in [2.24, 2.45) is 5.92 Å². The van der Waals surface area contributed by atoms with Crippen LogP contribution in [0.2, 0.25) is 0 Å². The minimum atomic E-state index is -2.57. The van der Waals surface area contributed by atoms with Gasteiger partial charge in [-0.05, 0) is 24.6 Å². The topological polar surface area (TPSA) is 67.5 Å². The number of halogens is 4. The van der Waals surface area contributed by atoms with Gasteiger partial charge in [0.15, 0.2) is 23.2 Å². The van der Waals surface area contributed by atoms with Crippen molar-refractivity contribution in [3.8, 4) is 5.75 Å². The van der Waals surface area contributed by atoms with Gasteiger partial charge >= 0.3 is 0 Å². The third kappa shape index (κ3) is 5.70. The van der Waals surface area contributed by atoms with E-state index in [0.717, 1.165) is 43.0 Å². The highest BCUT2D eigenvalue weighted by Gasteiger charge is 2.36. The maximum atomic E-state index is 14.2. The molecule has 3 atom stereocenters. The highest BCUT2D eigenvalue weighted by molar-refractivity contribution is 5.59. The lowest BCUT2D eigenvalue weighted by atomic mass is 9.91. The molecule has 0 bridgehead atoms. The van der Waals surface area contributed by atoms with Crippen molar-refractivity contribution in [2.45, 2.75) is 51.3 Å². The van der Waals surface area contributed by atoms with Gasteiger partial charge in [-0.25, -0.2) is 27.5 Å². The number of fused-ring (bicyclic) bond motifs is 1. The minimum absolute atomic E-state index is 0.00462. The second-order valence-electron chi connectivity index (χ2n) is 10.00. The summed E-state index contributed by atoms with van der Waals surface area (Å²) in [6.45, 7) is 4.33. The lowest BCUT2D eigenvalue weighted by Crippen LogP contribution is -2.47. The lowest BCUT2D eigenvalue weighted by molar-refractivity contribution is 0.0482. The van der Waals surface area contributed by atoms with Gasteiger partial charge in [0.25, 0.3) is 0 Å². The van der Waals surface area contributed by atoms with Gasteiger partial charge in [0, 0.05) is 57.4 Å². The molecule has 0 radical (unpaired) electrons. The van der Waals surface area contributed by atoms with Gasteiger partial charge < -0.3 is 15.4 Å². The van der Waals surface area contributed by atoms with Crippen LogP contribution in [0.25, 0.3) is 0 Å². The first kappa shape index (κ1) is 26.2. The van der Waals surface area contributed by atoms with Crippen LogP contribution in [0.5, 0.6) is 5.75 Å². The molecule has 10 heteroatoms. The molecule has 2 N–H and O–H groups in total. The van der Waals surface area contributed by atoms with Gasteiger partial charge in [0.1, 0.15) is 11.9 Å². The summed E-state index contributed by atoms with van der Waals surface area (Å²) in [4.78, 5) is 13.8. The van der Waals surface area contributed by atoms with Crippen LogP contribution in [0.1, 0.15) is 42.8 Å². The van der Waals surface area contributed by atoms with Crippen molar-refractivity contribution in [1.29, 1.82) is 0 Å². The fourth-order valence-electron chi connectivity index (χ4n) is 5.44. The van der Waals surface area contributed by atoms with Crippen LogP contribution in [0.15, 0.2) is 48.5 Å². The molecule has 2 aliphatic rings. The first-order valence-electron chi connectivity index (χ1n) is 12.9. The number of rotatable bonds is 7. The Morgan fingerprint density at radius 2 is 1.87 bits per heavy atom. The van der Waals surface area contributed by atoms with Crippen LogP contribution in [0, 0.1) is 17.6 Å². The predicted octanol–water partition coefficient (Wildman–Crippen LogP) is 5.39. The third-order valence-corrected chi connectivity index (χ3v) is 7.43. The number of hydrogen-bond acceptors (Lipinski definition) is 6. The van der Waals surface area contributed by atoms with E-state index < -0.39 is 36.5 Å². The van der Waals surface area contributed by atoms with Crippen molar-refractivity contribution in [3.63, 3.8) is 0 Å². The van der Waals surface area contributed by atoms with Crippen molar-refractivity contribution < 1.29 is 22.3 Å². The van der Waals surface area contributed by atoms with Crippen LogP contribution in [0.4, 0.5) is 29.2 Å². The number of hydrogen-bond donors (Lipinski definition) is 1. The number of nitrogens with two attached hydrogens (primary N) is 1. The zero-order chi connectivity index (χ0) is 26.8.